The molecule has 0 bridgehead atoms. The van der Waals surface area contributed by atoms with Crippen molar-refractivity contribution in [2.45, 2.75) is 25.0 Å². The normalized spacial score (nSPS) is 27.0. The van der Waals surface area contributed by atoms with Gasteiger partial charge in [-0.3, -0.25) is 4.90 Å². The third kappa shape index (κ3) is 3.20. The van der Waals surface area contributed by atoms with Crippen molar-refractivity contribution < 1.29 is 23.4 Å². The van der Waals surface area contributed by atoms with Crippen molar-refractivity contribution in [2.75, 3.05) is 27.3 Å². The summed E-state index contributed by atoms with van der Waals surface area (Å²) in [6.07, 6.45) is 3.00. The van der Waals surface area contributed by atoms with E-state index in [0.717, 1.165) is 19.0 Å². The number of aromatic nitrogens is 2. The molecule has 28 heavy (non-hydrogen) atoms. The summed E-state index contributed by atoms with van der Waals surface area (Å²) in [7, 11) is 2.97. The summed E-state index contributed by atoms with van der Waals surface area (Å²) in [6, 6.07) is 3.83. The van der Waals surface area contributed by atoms with Gasteiger partial charge in [-0.15, -0.1) is 0 Å². The molecule has 0 spiro atoms. The lowest BCUT2D eigenvalue weighted by molar-refractivity contribution is -0.00974. The third-order valence-electron chi connectivity index (χ3n) is 6.01. The first kappa shape index (κ1) is 19.0. The molecule has 6 nitrogen and oxygen atoms in total. The third-order valence-corrected chi connectivity index (χ3v) is 6.01. The Kier molecular flexibility index (Phi) is 4.93. The van der Waals surface area contributed by atoms with Crippen LogP contribution in [0.4, 0.5) is 8.78 Å². The number of nitrogens with zero attached hydrogens (tertiary/aromatic N) is 3. The predicted octanol–water partition coefficient (Wildman–Crippen LogP) is 2.50. The van der Waals surface area contributed by atoms with Crippen molar-refractivity contribution in [3.63, 3.8) is 0 Å². The summed E-state index contributed by atoms with van der Waals surface area (Å²) in [5, 5.41) is 11.5. The molecule has 0 amide bonds. The molecule has 2 fully saturated rings. The van der Waals surface area contributed by atoms with E-state index in [1.54, 1.807) is 6.20 Å². The van der Waals surface area contributed by atoms with Gasteiger partial charge in [0.1, 0.15) is 17.2 Å². The number of likely N-dealkylation sites (tertiary alicyclic amines) is 1. The molecule has 1 aromatic carbocycles. The van der Waals surface area contributed by atoms with Crippen LogP contribution in [0.1, 0.15) is 24.0 Å². The van der Waals surface area contributed by atoms with Gasteiger partial charge in [0.05, 0.1) is 19.8 Å². The fourth-order valence-electron chi connectivity index (χ4n) is 4.64. The van der Waals surface area contributed by atoms with Crippen molar-refractivity contribution in [3.05, 3.63) is 47.2 Å². The maximum atomic E-state index is 14.0. The van der Waals surface area contributed by atoms with E-state index in [9.17, 15) is 13.9 Å². The highest BCUT2D eigenvalue weighted by Gasteiger charge is 2.53. The van der Waals surface area contributed by atoms with E-state index in [1.165, 1.54) is 26.4 Å². The average Bonchev–Trinajstić information content (AvgIpc) is 3.24. The molecule has 8 heteroatoms. The molecule has 150 valence electrons. The van der Waals surface area contributed by atoms with Crippen LogP contribution < -0.4 is 9.47 Å². The summed E-state index contributed by atoms with van der Waals surface area (Å²) in [5.74, 6) is -0.585. The zero-order valence-corrected chi connectivity index (χ0v) is 15.9. The number of aliphatic hydroxyl groups is 1. The standard InChI is InChI=1S/C20H23F2N3O3/c1-27-18-15(8-23-19(24-18)28-2)20(26)6-5-12-9-25(11-16(12)20)10-13-3-4-14(21)7-17(13)22/h3-4,7-8,12,16,26H,5-6,9-11H2,1-2H3/t12-,16+,20+/m0/s1. The van der Waals surface area contributed by atoms with Gasteiger partial charge in [0.2, 0.25) is 5.88 Å². The summed E-state index contributed by atoms with van der Waals surface area (Å²) < 4.78 is 37.6. The Balaban J connectivity index is 1.56. The second kappa shape index (κ2) is 7.25. The smallest absolute Gasteiger partial charge is 0.319 e. The van der Waals surface area contributed by atoms with E-state index in [1.807, 2.05) is 0 Å². The molecule has 2 heterocycles. The van der Waals surface area contributed by atoms with Gasteiger partial charge in [-0.1, -0.05) is 6.07 Å². The Morgan fingerprint density at radius 2 is 2.07 bits per heavy atom. The number of ether oxygens (including phenoxy) is 2. The van der Waals surface area contributed by atoms with Gasteiger partial charge in [-0.25, -0.2) is 13.8 Å². The lowest BCUT2D eigenvalue weighted by Gasteiger charge is -2.31. The predicted molar refractivity (Wildman–Crippen MR) is 96.9 cm³/mol. The van der Waals surface area contributed by atoms with Gasteiger partial charge in [-0.2, -0.15) is 4.98 Å². The van der Waals surface area contributed by atoms with Crippen molar-refractivity contribution in [3.8, 4) is 11.9 Å². The van der Waals surface area contributed by atoms with Crippen LogP contribution in [0.25, 0.3) is 0 Å². The van der Waals surface area contributed by atoms with E-state index in [4.69, 9.17) is 9.47 Å². The molecule has 1 aliphatic heterocycles. The van der Waals surface area contributed by atoms with Gasteiger partial charge in [-0.05, 0) is 24.8 Å². The Morgan fingerprint density at radius 3 is 2.79 bits per heavy atom. The first-order valence-corrected chi connectivity index (χ1v) is 9.28. The van der Waals surface area contributed by atoms with E-state index >= 15 is 0 Å². The lowest BCUT2D eigenvalue weighted by Crippen LogP contribution is -2.35. The minimum atomic E-state index is -1.11. The van der Waals surface area contributed by atoms with Gasteiger partial charge in [0, 0.05) is 43.4 Å². The van der Waals surface area contributed by atoms with Gasteiger partial charge in [0.15, 0.2) is 0 Å². The van der Waals surface area contributed by atoms with E-state index in [0.29, 0.717) is 36.5 Å². The summed E-state index contributed by atoms with van der Waals surface area (Å²) >= 11 is 0. The first-order valence-electron chi connectivity index (χ1n) is 9.28. The van der Waals surface area contributed by atoms with E-state index in [2.05, 4.69) is 14.9 Å². The fraction of sp³-hybridized carbons (Fsp3) is 0.500. The number of halogens is 2. The minimum Gasteiger partial charge on any atom is -0.481 e. The Bertz CT molecular complexity index is 882. The first-order chi connectivity index (χ1) is 13.4. The van der Waals surface area contributed by atoms with Crippen LogP contribution in [-0.4, -0.2) is 47.3 Å². The monoisotopic (exact) mass is 391 g/mol. The molecule has 1 N–H and O–H groups in total. The van der Waals surface area contributed by atoms with E-state index in [-0.39, 0.29) is 17.8 Å². The Labute approximate surface area is 162 Å². The second-order valence-corrected chi connectivity index (χ2v) is 7.54. The zero-order valence-electron chi connectivity index (χ0n) is 15.9. The number of fused-ring (bicyclic) bond motifs is 1. The molecule has 2 aliphatic rings. The molecule has 4 rings (SSSR count). The molecule has 3 atom stereocenters. The van der Waals surface area contributed by atoms with Gasteiger partial charge >= 0.3 is 6.01 Å². The van der Waals surface area contributed by atoms with Crippen LogP contribution in [0.3, 0.4) is 0 Å². The zero-order chi connectivity index (χ0) is 19.9. The second-order valence-electron chi connectivity index (χ2n) is 7.54. The number of hydrogen-bond acceptors (Lipinski definition) is 6. The molecule has 1 saturated heterocycles. The minimum absolute atomic E-state index is 0.0399. The topological polar surface area (TPSA) is 67.7 Å². The highest BCUT2D eigenvalue weighted by molar-refractivity contribution is 5.34. The Morgan fingerprint density at radius 1 is 1.25 bits per heavy atom. The summed E-state index contributed by atoms with van der Waals surface area (Å²) in [5.41, 5.74) is -0.105. The highest BCUT2D eigenvalue weighted by Crippen LogP contribution is 2.52. The molecular weight excluding hydrogens is 368 g/mol. The number of hydrogen-bond donors (Lipinski definition) is 1. The molecule has 1 aliphatic carbocycles. The van der Waals surface area contributed by atoms with Crippen LogP contribution >= 0.6 is 0 Å². The SMILES string of the molecule is COc1ncc([C@]2(O)CC[C@H]3CN(Cc4ccc(F)cc4F)C[C@H]32)c(OC)n1. The highest BCUT2D eigenvalue weighted by atomic mass is 19.1. The molecule has 1 aromatic heterocycles. The van der Waals surface area contributed by atoms with Crippen LogP contribution in [-0.2, 0) is 12.1 Å². The van der Waals surface area contributed by atoms with Crippen LogP contribution in [0.15, 0.2) is 24.4 Å². The van der Waals surface area contributed by atoms with Crippen molar-refractivity contribution in [1.82, 2.24) is 14.9 Å². The molecular formula is C20H23F2N3O3. The molecule has 2 aromatic rings. The van der Waals surface area contributed by atoms with Gasteiger partial charge < -0.3 is 14.6 Å². The van der Waals surface area contributed by atoms with Crippen molar-refractivity contribution in [2.24, 2.45) is 11.8 Å². The number of benzene rings is 1. The average molecular weight is 391 g/mol. The maximum Gasteiger partial charge on any atom is 0.319 e. The maximum absolute atomic E-state index is 14.0. The molecule has 0 radical (unpaired) electrons. The lowest BCUT2D eigenvalue weighted by atomic mass is 9.83. The summed E-state index contributed by atoms with van der Waals surface area (Å²) in [4.78, 5) is 10.5. The van der Waals surface area contributed by atoms with Crippen LogP contribution in [0.2, 0.25) is 0 Å². The largest absolute Gasteiger partial charge is 0.481 e. The summed E-state index contributed by atoms with van der Waals surface area (Å²) in [6.45, 7) is 1.74. The molecule has 1 saturated carbocycles. The Hall–Kier alpha value is -2.32. The van der Waals surface area contributed by atoms with Crippen molar-refractivity contribution in [1.29, 1.82) is 0 Å². The quantitative estimate of drug-likeness (QED) is 0.845. The van der Waals surface area contributed by atoms with Crippen LogP contribution in [0.5, 0.6) is 11.9 Å². The van der Waals surface area contributed by atoms with Crippen LogP contribution in [0, 0.1) is 23.5 Å². The number of rotatable bonds is 5. The van der Waals surface area contributed by atoms with E-state index < -0.39 is 17.2 Å². The molecule has 0 unspecified atom stereocenters. The number of methoxy groups -OCH3 is 2. The van der Waals surface area contributed by atoms with Gasteiger partial charge in [0.25, 0.3) is 0 Å². The van der Waals surface area contributed by atoms with Crippen molar-refractivity contribution >= 4 is 0 Å². The fourth-order valence-corrected chi connectivity index (χ4v) is 4.64.